The number of alkyl halides is 3. The molecule has 0 N–H and O–H groups in total. The average Bonchev–Trinajstić information content (AvgIpc) is 3.16. The van der Waals surface area contributed by atoms with Crippen molar-refractivity contribution in [1.82, 2.24) is 4.98 Å². The Hall–Kier alpha value is -2.41. The minimum atomic E-state index is -4.79. The summed E-state index contributed by atoms with van der Waals surface area (Å²) in [6, 6.07) is 11.2. The number of aromatic nitrogens is 1. The van der Waals surface area contributed by atoms with Crippen LogP contribution in [0.3, 0.4) is 0 Å². The van der Waals surface area contributed by atoms with Crippen molar-refractivity contribution in [3.8, 4) is 11.5 Å². The Bertz CT molecular complexity index is 792. The number of hydrogen-bond donors (Lipinski definition) is 0. The van der Waals surface area contributed by atoms with Crippen LogP contribution < -0.4 is 0 Å². The molecule has 22 heavy (non-hydrogen) atoms. The minimum Gasteiger partial charge on any atom is -0.431 e. The third-order valence-corrected chi connectivity index (χ3v) is 3.73. The molecule has 0 saturated heterocycles. The number of carbonyl (C=O) groups is 1. The molecule has 0 radical (unpaired) electrons. The quantitative estimate of drug-likeness (QED) is 0.659. The number of thiophene rings is 1. The maximum atomic E-state index is 13.1. The predicted molar refractivity (Wildman–Crippen MR) is 74.7 cm³/mol. The lowest BCUT2D eigenvalue weighted by Crippen LogP contribution is -2.11. The standard InChI is InChI=1S/C15H8F3NO2S/c16-15(17,18)13-11(12(20)10-7-4-8-22-10)19-14(21-13)9-5-2-1-3-6-9/h1-8H. The largest absolute Gasteiger partial charge is 0.452 e. The van der Waals surface area contributed by atoms with Gasteiger partial charge in [0.05, 0.1) is 4.88 Å². The molecule has 0 fully saturated rings. The normalized spacial score (nSPS) is 11.6. The maximum Gasteiger partial charge on any atom is 0.452 e. The first-order valence-corrected chi connectivity index (χ1v) is 7.06. The Labute approximate surface area is 127 Å². The summed E-state index contributed by atoms with van der Waals surface area (Å²) in [5.41, 5.74) is -0.341. The Morgan fingerprint density at radius 1 is 1.09 bits per heavy atom. The predicted octanol–water partition coefficient (Wildman–Crippen LogP) is 4.65. The van der Waals surface area contributed by atoms with Crippen molar-refractivity contribution in [3.63, 3.8) is 0 Å². The molecular formula is C15H8F3NO2S. The van der Waals surface area contributed by atoms with E-state index in [4.69, 9.17) is 4.42 Å². The van der Waals surface area contributed by atoms with Gasteiger partial charge in [0.25, 0.3) is 0 Å². The minimum absolute atomic E-state index is 0.179. The van der Waals surface area contributed by atoms with E-state index in [-0.39, 0.29) is 10.8 Å². The van der Waals surface area contributed by atoms with Crippen molar-refractivity contribution >= 4 is 17.1 Å². The molecule has 0 bridgehead atoms. The molecule has 0 aliphatic carbocycles. The number of oxazole rings is 1. The Balaban J connectivity index is 2.12. The number of ketones is 1. The van der Waals surface area contributed by atoms with E-state index in [1.165, 1.54) is 6.07 Å². The van der Waals surface area contributed by atoms with Gasteiger partial charge >= 0.3 is 6.18 Å². The lowest BCUT2D eigenvalue weighted by molar-refractivity contribution is -0.153. The van der Waals surface area contributed by atoms with Gasteiger partial charge in [-0.1, -0.05) is 24.3 Å². The highest BCUT2D eigenvalue weighted by Crippen LogP contribution is 2.36. The van der Waals surface area contributed by atoms with Gasteiger partial charge in [0.2, 0.25) is 17.4 Å². The van der Waals surface area contributed by atoms with Crippen LogP contribution in [-0.2, 0) is 6.18 Å². The van der Waals surface area contributed by atoms with Crippen LogP contribution in [0.2, 0.25) is 0 Å². The summed E-state index contributed by atoms with van der Waals surface area (Å²) >= 11 is 1.05. The van der Waals surface area contributed by atoms with Crippen molar-refractivity contribution in [2.45, 2.75) is 6.18 Å². The Morgan fingerprint density at radius 3 is 2.41 bits per heavy atom. The van der Waals surface area contributed by atoms with Gasteiger partial charge in [-0.05, 0) is 23.6 Å². The van der Waals surface area contributed by atoms with Crippen molar-refractivity contribution in [2.75, 3.05) is 0 Å². The molecule has 3 rings (SSSR count). The number of hydrogen-bond acceptors (Lipinski definition) is 4. The average molecular weight is 323 g/mol. The van der Waals surface area contributed by atoms with Crippen molar-refractivity contribution in [3.05, 3.63) is 64.2 Å². The first kappa shape index (κ1) is 14.5. The highest BCUT2D eigenvalue weighted by Gasteiger charge is 2.42. The molecule has 0 spiro atoms. The smallest absolute Gasteiger partial charge is 0.431 e. The topological polar surface area (TPSA) is 43.1 Å². The van der Waals surface area contributed by atoms with Crippen molar-refractivity contribution in [1.29, 1.82) is 0 Å². The summed E-state index contributed by atoms with van der Waals surface area (Å²) in [5.74, 6) is -2.40. The van der Waals surface area contributed by atoms with Crippen LogP contribution in [0, 0.1) is 0 Å². The molecule has 0 aliphatic rings. The van der Waals surface area contributed by atoms with Crippen LogP contribution in [0.1, 0.15) is 21.1 Å². The molecule has 0 atom stereocenters. The zero-order chi connectivity index (χ0) is 15.7. The lowest BCUT2D eigenvalue weighted by Gasteiger charge is -2.03. The molecule has 0 unspecified atom stereocenters. The first-order chi connectivity index (χ1) is 10.5. The molecule has 112 valence electrons. The summed E-state index contributed by atoms with van der Waals surface area (Å²) in [6.45, 7) is 0. The number of halogens is 3. The van der Waals surface area contributed by atoms with E-state index in [0.717, 1.165) is 11.3 Å². The van der Waals surface area contributed by atoms with Gasteiger partial charge in [-0.25, -0.2) is 4.98 Å². The first-order valence-electron chi connectivity index (χ1n) is 6.18. The Kier molecular flexibility index (Phi) is 3.58. The molecule has 2 aromatic heterocycles. The van der Waals surface area contributed by atoms with E-state index >= 15 is 0 Å². The molecule has 1 aromatic carbocycles. The number of carbonyl (C=O) groups excluding carboxylic acids is 1. The number of rotatable bonds is 3. The second kappa shape index (κ2) is 5.42. The fraction of sp³-hybridized carbons (Fsp3) is 0.0667. The number of nitrogens with zero attached hydrogens (tertiary/aromatic N) is 1. The van der Waals surface area contributed by atoms with Crippen LogP contribution in [0.15, 0.2) is 52.3 Å². The highest BCUT2D eigenvalue weighted by atomic mass is 32.1. The van der Waals surface area contributed by atoms with E-state index in [1.807, 2.05) is 0 Å². The summed E-state index contributed by atoms with van der Waals surface area (Å²) in [4.78, 5) is 16.2. The second-order valence-corrected chi connectivity index (χ2v) is 5.31. The summed E-state index contributed by atoms with van der Waals surface area (Å²) in [5, 5.41) is 1.61. The van der Waals surface area contributed by atoms with E-state index in [1.54, 1.807) is 41.8 Å². The second-order valence-electron chi connectivity index (χ2n) is 4.37. The van der Waals surface area contributed by atoms with E-state index in [2.05, 4.69) is 4.98 Å². The van der Waals surface area contributed by atoms with Crippen LogP contribution >= 0.6 is 11.3 Å². The van der Waals surface area contributed by atoms with E-state index in [0.29, 0.717) is 5.56 Å². The summed E-state index contributed by atoms with van der Waals surface area (Å²) in [7, 11) is 0. The third-order valence-electron chi connectivity index (χ3n) is 2.87. The van der Waals surface area contributed by atoms with Gasteiger partial charge in [0.15, 0.2) is 5.69 Å². The van der Waals surface area contributed by atoms with Gasteiger partial charge in [-0.3, -0.25) is 4.79 Å². The molecule has 3 nitrogen and oxygen atoms in total. The fourth-order valence-electron chi connectivity index (χ4n) is 1.89. The van der Waals surface area contributed by atoms with E-state index < -0.39 is 23.4 Å². The summed E-state index contributed by atoms with van der Waals surface area (Å²) < 4.78 is 44.1. The van der Waals surface area contributed by atoms with Crippen molar-refractivity contribution in [2.24, 2.45) is 0 Å². The van der Waals surface area contributed by atoms with Crippen molar-refractivity contribution < 1.29 is 22.4 Å². The molecule has 0 amide bonds. The fourth-order valence-corrected chi connectivity index (χ4v) is 2.56. The SMILES string of the molecule is O=C(c1cccs1)c1nc(-c2ccccc2)oc1C(F)(F)F. The van der Waals surface area contributed by atoms with Crippen LogP contribution in [0.4, 0.5) is 13.2 Å². The third kappa shape index (κ3) is 2.67. The van der Waals surface area contributed by atoms with Gasteiger partial charge in [0.1, 0.15) is 0 Å². The van der Waals surface area contributed by atoms with Crippen LogP contribution in [0.5, 0.6) is 0 Å². The maximum absolute atomic E-state index is 13.1. The molecule has 2 heterocycles. The molecule has 0 saturated carbocycles. The zero-order valence-electron chi connectivity index (χ0n) is 10.9. The van der Waals surface area contributed by atoms with Gasteiger partial charge < -0.3 is 4.42 Å². The summed E-state index contributed by atoms with van der Waals surface area (Å²) in [6.07, 6.45) is -4.79. The van der Waals surface area contributed by atoms with Crippen LogP contribution in [-0.4, -0.2) is 10.8 Å². The molecule has 3 aromatic rings. The van der Waals surface area contributed by atoms with E-state index in [9.17, 15) is 18.0 Å². The van der Waals surface area contributed by atoms with Gasteiger partial charge in [0, 0.05) is 5.56 Å². The van der Waals surface area contributed by atoms with Gasteiger partial charge in [-0.2, -0.15) is 13.2 Å². The monoisotopic (exact) mass is 323 g/mol. The highest BCUT2D eigenvalue weighted by molar-refractivity contribution is 7.12. The Morgan fingerprint density at radius 2 is 1.82 bits per heavy atom. The van der Waals surface area contributed by atoms with Gasteiger partial charge in [-0.15, -0.1) is 11.3 Å². The molecule has 7 heteroatoms. The molecule has 0 aliphatic heterocycles. The molecular weight excluding hydrogens is 315 g/mol. The zero-order valence-corrected chi connectivity index (χ0v) is 11.7. The lowest BCUT2D eigenvalue weighted by atomic mass is 10.2. The number of benzene rings is 1. The van der Waals surface area contributed by atoms with Crippen LogP contribution in [0.25, 0.3) is 11.5 Å².